The van der Waals surface area contributed by atoms with Crippen molar-refractivity contribution in [2.24, 2.45) is 0 Å². The minimum atomic E-state index is -1.76. The number of rotatable bonds is 1. The van der Waals surface area contributed by atoms with Gasteiger partial charge in [0.25, 0.3) is 0 Å². The van der Waals surface area contributed by atoms with Gasteiger partial charge in [-0.2, -0.15) is 0 Å². The van der Waals surface area contributed by atoms with Crippen LogP contribution in [0.5, 0.6) is 0 Å². The predicted molar refractivity (Wildman–Crippen MR) is 58.6 cm³/mol. The van der Waals surface area contributed by atoms with Crippen molar-refractivity contribution in [2.75, 3.05) is 0 Å². The van der Waals surface area contributed by atoms with E-state index in [-0.39, 0.29) is 0 Å². The predicted octanol–water partition coefficient (Wildman–Crippen LogP) is 3.31. The van der Waals surface area contributed by atoms with Crippen LogP contribution in [0.25, 0.3) is 10.9 Å². The Morgan fingerprint density at radius 1 is 1.14 bits per heavy atom. The maximum absolute atomic E-state index is 5.84. The third-order valence-electron chi connectivity index (χ3n) is 1.85. The Morgan fingerprint density at radius 2 is 1.93 bits per heavy atom. The standard InChI is InChI=1S/C10H7N.2ClH.Ru/c1-8-4-2-5-9-6-3-7-11-10(8)9;;;/h1-7H;2*1H;/q;;;+2/p-2. The number of pyridine rings is 1. The summed E-state index contributed by atoms with van der Waals surface area (Å²) in [6.07, 6.45) is 1.78. The number of para-hydroxylation sites is 1. The van der Waals surface area contributed by atoms with Gasteiger partial charge in [-0.3, -0.25) is 0 Å². The Bertz CT molecular complexity index is 487. The molecule has 0 aliphatic heterocycles. The van der Waals surface area contributed by atoms with E-state index in [0.29, 0.717) is 0 Å². The first-order valence-electron chi connectivity index (χ1n) is 3.94. The van der Waals surface area contributed by atoms with E-state index in [1.54, 1.807) is 6.20 Å². The van der Waals surface area contributed by atoms with E-state index in [2.05, 4.69) is 4.98 Å². The summed E-state index contributed by atoms with van der Waals surface area (Å²) in [6, 6.07) is 9.95. The summed E-state index contributed by atoms with van der Waals surface area (Å²) in [5, 5.41) is 1.12. The SMILES string of the molecule is [Cl][Ru]([Cl])=[CH]c1cccc2cccnc12. The zero-order valence-corrected chi connectivity index (χ0v) is 10.3. The van der Waals surface area contributed by atoms with Gasteiger partial charge in [-0.25, -0.2) is 0 Å². The third kappa shape index (κ3) is 2.20. The van der Waals surface area contributed by atoms with Crippen molar-refractivity contribution in [3.63, 3.8) is 0 Å². The zero-order valence-electron chi connectivity index (χ0n) is 7.10. The molecule has 4 heteroatoms. The van der Waals surface area contributed by atoms with E-state index in [0.717, 1.165) is 16.5 Å². The van der Waals surface area contributed by atoms with Crippen molar-refractivity contribution in [3.8, 4) is 0 Å². The Balaban J connectivity index is 2.71. The average molecular weight is 313 g/mol. The molecule has 74 valence electrons. The molecule has 2 aromatic rings. The Labute approximate surface area is 95.2 Å². The molecule has 0 saturated heterocycles. The van der Waals surface area contributed by atoms with Crippen LogP contribution in [0, 0.1) is 0 Å². The van der Waals surface area contributed by atoms with Gasteiger partial charge in [0.1, 0.15) is 0 Å². The van der Waals surface area contributed by atoms with Crippen molar-refractivity contribution in [3.05, 3.63) is 42.1 Å². The molecular formula is C10H7Cl2NRu. The fourth-order valence-corrected chi connectivity index (χ4v) is 3.09. The first-order valence-corrected chi connectivity index (χ1v) is 9.42. The van der Waals surface area contributed by atoms with Gasteiger partial charge in [0.2, 0.25) is 0 Å². The van der Waals surface area contributed by atoms with Crippen LogP contribution < -0.4 is 0 Å². The molecular weight excluding hydrogens is 306 g/mol. The zero-order chi connectivity index (χ0) is 9.97. The van der Waals surface area contributed by atoms with Crippen LogP contribution in [0.15, 0.2) is 36.5 Å². The van der Waals surface area contributed by atoms with Gasteiger partial charge in [0.15, 0.2) is 0 Å². The van der Waals surface area contributed by atoms with E-state index in [1.807, 2.05) is 34.9 Å². The first-order chi connectivity index (χ1) is 6.77. The molecule has 1 aromatic carbocycles. The normalized spacial score (nSPS) is 11.4. The summed E-state index contributed by atoms with van der Waals surface area (Å²) in [7, 11) is 11.7. The molecule has 0 aliphatic rings. The quantitative estimate of drug-likeness (QED) is 0.736. The van der Waals surface area contributed by atoms with Crippen LogP contribution >= 0.6 is 19.4 Å². The van der Waals surface area contributed by atoms with Crippen molar-refractivity contribution < 1.29 is 13.5 Å². The molecule has 1 aromatic heterocycles. The Kier molecular flexibility index (Phi) is 3.27. The number of halogens is 2. The van der Waals surface area contributed by atoms with Gasteiger partial charge in [-0.15, -0.1) is 0 Å². The van der Waals surface area contributed by atoms with Crippen molar-refractivity contribution in [2.45, 2.75) is 0 Å². The number of nitrogens with zero attached hydrogens (tertiary/aromatic N) is 1. The molecule has 1 nitrogen and oxygen atoms in total. The average Bonchev–Trinajstić information content (AvgIpc) is 2.18. The van der Waals surface area contributed by atoms with Crippen molar-refractivity contribution >= 4 is 34.9 Å². The second kappa shape index (κ2) is 4.48. The summed E-state index contributed by atoms with van der Waals surface area (Å²) in [6.45, 7) is 0. The molecule has 0 amide bonds. The number of fused-ring (bicyclic) bond motifs is 1. The molecule has 0 atom stereocenters. The molecule has 0 radical (unpaired) electrons. The van der Waals surface area contributed by atoms with E-state index in [9.17, 15) is 0 Å². The fraction of sp³-hybridized carbons (Fsp3) is 0. The van der Waals surface area contributed by atoms with E-state index < -0.39 is 13.5 Å². The van der Waals surface area contributed by atoms with Crippen LogP contribution in [0.2, 0.25) is 0 Å². The third-order valence-corrected chi connectivity index (χ3v) is 3.68. The van der Waals surface area contributed by atoms with E-state index in [4.69, 9.17) is 19.4 Å². The van der Waals surface area contributed by atoms with Crippen LogP contribution in [0.1, 0.15) is 5.56 Å². The first kappa shape index (κ1) is 10.2. The van der Waals surface area contributed by atoms with Crippen LogP contribution in [0.4, 0.5) is 0 Å². The fourth-order valence-electron chi connectivity index (χ4n) is 1.29. The molecule has 1 heterocycles. The summed E-state index contributed by atoms with van der Waals surface area (Å²) in [4.78, 5) is 4.31. The molecule has 0 spiro atoms. The molecule has 0 unspecified atom stereocenters. The van der Waals surface area contributed by atoms with E-state index in [1.165, 1.54) is 0 Å². The Hall–Kier alpha value is -0.297. The van der Waals surface area contributed by atoms with Crippen molar-refractivity contribution in [1.29, 1.82) is 0 Å². The van der Waals surface area contributed by atoms with Gasteiger partial charge in [0, 0.05) is 0 Å². The van der Waals surface area contributed by atoms with Gasteiger partial charge >= 0.3 is 95.5 Å². The van der Waals surface area contributed by atoms with E-state index >= 15 is 0 Å². The molecule has 0 N–H and O–H groups in total. The summed E-state index contributed by atoms with van der Waals surface area (Å²) in [5.41, 5.74) is 2.00. The molecule has 0 saturated carbocycles. The van der Waals surface area contributed by atoms with Crippen LogP contribution in [-0.2, 0) is 13.5 Å². The molecule has 2 rings (SSSR count). The molecule has 0 bridgehead atoms. The van der Waals surface area contributed by atoms with Crippen molar-refractivity contribution in [1.82, 2.24) is 4.98 Å². The van der Waals surface area contributed by atoms with Gasteiger partial charge in [0.05, 0.1) is 0 Å². The van der Waals surface area contributed by atoms with Crippen LogP contribution in [0.3, 0.4) is 0 Å². The second-order valence-corrected chi connectivity index (χ2v) is 8.45. The molecule has 0 aliphatic carbocycles. The Morgan fingerprint density at radius 3 is 2.71 bits per heavy atom. The van der Waals surface area contributed by atoms with Gasteiger partial charge in [-0.1, -0.05) is 0 Å². The number of aromatic nitrogens is 1. The van der Waals surface area contributed by atoms with Gasteiger partial charge in [-0.05, 0) is 0 Å². The summed E-state index contributed by atoms with van der Waals surface area (Å²) >= 11 is -1.76. The minimum absolute atomic E-state index is 0.968. The monoisotopic (exact) mass is 313 g/mol. The number of hydrogen-bond donors (Lipinski definition) is 0. The maximum atomic E-state index is 5.84. The number of hydrogen-bond acceptors (Lipinski definition) is 1. The topological polar surface area (TPSA) is 12.9 Å². The summed E-state index contributed by atoms with van der Waals surface area (Å²) < 4.78 is 1.92. The van der Waals surface area contributed by atoms with Gasteiger partial charge < -0.3 is 0 Å². The number of benzene rings is 1. The second-order valence-electron chi connectivity index (χ2n) is 2.73. The summed E-state index contributed by atoms with van der Waals surface area (Å²) in [5.74, 6) is 0. The molecule has 0 fully saturated rings. The van der Waals surface area contributed by atoms with Crippen LogP contribution in [-0.4, -0.2) is 9.59 Å². The molecule has 14 heavy (non-hydrogen) atoms.